The van der Waals surface area contributed by atoms with Crippen LogP contribution in [0.15, 0.2) is 24.3 Å². The molecule has 0 aromatic carbocycles. The molecule has 55 heavy (non-hydrogen) atoms. The average molecular weight is 775 g/mol. The molecule has 4 nitrogen and oxygen atoms in total. The Morgan fingerprint density at radius 1 is 0.382 bits per heavy atom. The summed E-state index contributed by atoms with van der Waals surface area (Å²) in [6.45, 7) is 11.5. The predicted octanol–water partition coefficient (Wildman–Crippen LogP) is 17.9. The Bertz CT molecular complexity index is 688. The number of aliphatic carboxylic acids is 2. The van der Waals surface area contributed by atoms with E-state index in [0.717, 1.165) is 5.92 Å². The van der Waals surface area contributed by atoms with Crippen molar-refractivity contribution in [2.75, 3.05) is 0 Å². The van der Waals surface area contributed by atoms with E-state index in [-0.39, 0.29) is 11.1 Å². The van der Waals surface area contributed by atoms with Gasteiger partial charge in [-0.15, -0.1) is 0 Å². The molecule has 0 bridgehead atoms. The average Bonchev–Trinajstić information content (AvgIpc) is 3.18. The van der Waals surface area contributed by atoms with Gasteiger partial charge in [-0.05, 0) is 19.8 Å². The van der Waals surface area contributed by atoms with Crippen LogP contribution in [0, 0.1) is 5.92 Å². The summed E-state index contributed by atoms with van der Waals surface area (Å²) in [7, 11) is 0. The first kappa shape index (κ1) is 55.5. The van der Waals surface area contributed by atoms with Crippen molar-refractivity contribution in [3.63, 3.8) is 0 Å². The molecule has 0 saturated heterocycles. The topological polar surface area (TPSA) is 74.6 Å². The van der Waals surface area contributed by atoms with Crippen LogP contribution in [0.1, 0.15) is 284 Å². The van der Waals surface area contributed by atoms with E-state index in [0.29, 0.717) is 0 Å². The van der Waals surface area contributed by atoms with Crippen LogP contribution in [0.25, 0.3) is 0 Å². The maximum atomic E-state index is 9.60. The molecule has 4 heteroatoms. The van der Waals surface area contributed by atoms with Crippen LogP contribution in [0.5, 0.6) is 0 Å². The largest absolute Gasteiger partial charge is 0.478 e. The molecule has 3 aliphatic carbocycles. The fourth-order valence-corrected chi connectivity index (χ4v) is 7.82. The van der Waals surface area contributed by atoms with Crippen molar-refractivity contribution in [1.82, 2.24) is 0 Å². The van der Waals surface area contributed by atoms with E-state index in [2.05, 4.69) is 20.1 Å². The summed E-state index contributed by atoms with van der Waals surface area (Å²) in [4.78, 5) is 19.2. The summed E-state index contributed by atoms with van der Waals surface area (Å²) in [6.07, 6.45) is 61.5. The Morgan fingerprint density at radius 2 is 0.564 bits per heavy atom. The van der Waals surface area contributed by atoms with Gasteiger partial charge in [0.2, 0.25) is 0 Å². The van der Waals surface area contributed by atoms with E-state index in [1.807, 2.05) is 0 Å². The van der Waals surface area contributed by atoms with Crippen molar-refractivity contribution in [3.8, 4) is 0 Å². The van der Waals surface area contributed by atoms with E-state index in [1.165, 1.54) is 277 Å². The Labute approximate surface area is 345 Å². The van der Waals surface area contributed by atoms with Crippen molar-refractivity contribution in [2.45, 2.75) is 284 Å². The van der Waals surface area contributed by atoms with E-state index in [9.17, 15) is 9.59 Å². The lowest BCUT2D eigenvalue weighted by atomic mass is 9.88. The van der Waals surface area contributed by atoms with Gasteiger partial charge < -0.3 is 10.2 Å². The lowest BCUT2D eigenvalue weighted by molar-refractivity contribution is -0.133. The molecule has 0 aliphatic heterocycles. The fourth-order valence-electron chi connectivity index (χ4n) is 7.82. The highest BCUT2D eigenvalue weighted by atomic mass is 16.4. The molecule has 326 valence electrons. The molecule has 3 aliphatic rings. The van der Waals surface area contributed by atoms with Crippen molar-refractivity contribution in [3.05, 3.63) is 24.3 Å². The number of hydrogen-bond acceptors (Lipinski definition) is 2. The van der Waals surface area contributed by atoms with Crippen molar-refractivity contribution >= 4 is 11.9 Å². The van der Waals surface area contributed by atoms with E-state index >= 15 is 0 Å². The standard InChI is InChI=1S/C23H46.2C10H20.2C4H6O2/c1-2-3-4-5-6-7-8-9-11-14-17-20-23-21-18-15-12-10-13-16-19-22-23;2*1-2-4-6-8-10-9-7-5-3-1;2*1-3(2)4(5)6/h23H,2-22H2,1H3;2*1-10H2;2*1H2,2H3,(H,5,6). The normalized spacial score (nSPS) is 17.9. The maximum absolute atomic E-state index is 9.60. The molecule has 0 heterocycles. The number of unbranched alkanes of at least 4 members (excludes halogenated alkanes) is 10. The van der Waals surface area contributed by atoms with Gasteiger partial charge in [0.05, 0.1) is 0 Å². The zero-order valence-corrected chi connectivity index (χ0v) is 37.7. The number of carbonyl (C=O) groups is 2. The SMILES string of the molecule is C1CCCCCCCCC1.C1CCCCCCCCC1.C=C(C)C(=O)O.C=C(C)C(=O)O.CCCCCCCCCCCCCC1CCCCCCCCC1. The van der Waals surface area contributed by atoms with Crippen LogP contribution in [0.3, 0.4) is 0 Å². The third kappa shape index (κ3) is 50.4. The van der Waals surface area contributed by atoms with Gasteiger partial charge in [0.1, 0.15) is 0 Å². The molecular formula is C51H98O4. The first-order chi connectivity index (χ1) is 26.7. The van der Waals surface area contributed by atoms with Gasteiger partial charge in [-0.25, -0.2) is 9.59 Å². The Balaban J connectivity index is 0. The summed E-state index contributed by atoms with van der Waals surface area (Å²) in [5.74, 6) is -0.795. The second-order valence-electron chi connectivity index (χ2n) is 17.5. The lowest BCUT2D eigenvalue weighted by Crippen LogP contribution is -2.02. The molecule has 3 rings (SSSR count). The van der Waals surface area contributed by atoms with E-state index in [4.69, 9.17) is 10.2 Å². The zero-order valence-electron chi connectivity index (χ0n) is 37.7. The second-order valence-corrected chi connectivity index (χ2v) is 17.5. The molecule has 0 atom stereocenters. The second kappa shape index (κ2) is 46.8. The molecule has 0 aromatic rings. The van der Waals surface area contributed by atoms with Gasteiger partial charge in [-0.1, -0.05) is 283 Å². The van der Waals surface area contributed by atoms with Crippen LogP contribution in [0.4, 0.5) is 0 Å². The smallest absolute Gasteiger partial charge is 0.330 e. The minimum Gasteiger partial charge on any atom is -0.478 e. The zero-order chi connectivity index (χ0) is 40.9. The quantitative estimate of drug-likeness (QED) is 0.136. The number of carboxylic acid groups (broad SMARTS) is 2. The number of hydrogen-bond donors (Lipinski definition) is 2. The minimum atomic E-state index is -0.935. The summed E-state index contributed by atoms with van der Waals surface area (Å²) in [6, 6.07) is 0. The number of carboxylic acids is 2. The molecule has 3 saturated carbocycles. The monoisotopic (exact) mass is 775 g/mol. The summed E-state index contributed by atoms with van der Waals surface area (Å²) in [5, 5.41) is 15.8. The van der Waals surface area contributed by atoms with Crippen LogP contribution in [-0.4, -0.2) is 22.2 Å². The van der Waals surface area contributed by atoms with E-state index in [1.54, 1.807) is 0 Å². The van der Waals surface area contributed by atoms with Gasteiger partial charge in [-0.3, -0.25) is 0 Å². The van der Waals surface area contributed by atoms with Crippen molar-refractivity contribution in [1.29, 1.82) is 0 Å². The highest BCUT2D eigenvalue weighted by molar-refractivity contribution is 5.85. The van der Waals surface area contributed by atoms with Crippen LogP contribution in [0.2, 0.25) is 0 Å². The van der Waals surface area contributed by atoms with Crippen molar-refractivity contribution < 1.29 is 19.8 Å². The van der Waals surface area contributed by atoms with Gasteiger partial charge in [0, 0.05) is 11.1 Å². The minimum absolute atomic E-state index is 0.176. The first-order valence-corrected chi connectivity index (χ1v) is 24.5. The molecule has 0 spiro atoms. The maximum Gasteiger partial charge on any atom is 0.330 e. The molecule has 3 fully saturated rings. The lowest BCUT2D eigenvalue weighted by Gasteiger charge is -2.18. The summed E-state index contributed by atoms with van der Waals surface area (Å²) in [5.41, 5.74) is 0.352. The predicted molar refractivity (Wildman–Crippen MR) is 243 cm³/mol. The van der Waals surface area contributed by atoms with Crippen LogP contribution >= 0.6 is 0 Å². The first-order valence-electron chi connectivity index (χ1n) is 24.5. The highest BCUT2D eigenvalue weighted by Crippen LogP contribution is 2.26. The number of rotatable bonds is 14. The van der Waals surface area contributed by atoms with Crippen LogP contribution < -0.4 is 0 Å². The third-order valence-electron chi connectivity index (χ3n) is 11.7. The van der Waals surface area contributed by atoms with Crippen LogP contribution in [-0.2, 0) is 9.59 Å². The molecule has 0 aromatic heterocycles. The molecule has 2 N–H and O–H groups in total. The molecular weight excluding hydrogens is 677 g/mol. The summed E-state index contributed by atoms with van der Waals surface area (Å²) >= 11 is 0. The Morgan fingerprint density at radius 3 is 0.764 bits per heavy atom. The van der Waals surface area contributed by atoms with Gasteiger partial charge in [0.15, 0.2) is 0 Å². The van der Waals surface area contributed by atoms with Gasteiger partial charge >= 0.3 is 11.9 Å². The Kier molecular flexibility index (Phi) is 47.2. The molecule has 0 radical (unpaired) electrons. The van der Waals surface area contributed by atoms with Crippen molar-refractivity contribution in [2.24, 2.45) is 5.92 Å². The Hall–Kier alpha value is -1.58. The van der Waals surface area contributed by atoms with E-state index < -0.39 is 11.9 Å². The fraction of sp³-hybridized carbons (Fsp3) is 0.882. The third-order valence-corrected chi connectivity index (χ3v) is 11.7. The highest BCUT2D eigenvalue weighted by Gasteiger charge is 2.10. The van der Waals surface area contributed by atoms with Gasteiger partial charge in [-0.2, -0.15) is 0 Å². The van der Waals surface area contributed by atoms with Gasteiger partial charge in [0.25, 0.3) is 0 Å². The molecule has 0 unspecified atom stereocenters. The summed E-state index contributed by atoms with van der Waals surface area (Å²) < 4.78 is 0. The molecule has 0 amide bonds.